The van der Waals surface area contributed by atoms with Gasteiger partial charge in [-0.3, -0.25) is 9.79 Å². The van der Waals surface area contributed by atoms with Crippen molar-refractivity contribution in [3.05, 3.63) is 40.0 Å². The van der Waals surface area contributed by atoms with Gasteiger partial charge in [-0.25, -0.2) is 0 Å². The largest absolute Gasteiger partial charge is 0.396 e. The van der Waals surface area contributed by atoms with E-state index in [0.29, 0.717) is 41.0 Å². The smallest absolute Gasteiger partial charge is 0.253 e. The number of para-hydroxylation sites is 1. The first kappa shape index (κ1) is 18.9. The molecule has 0 radical (unpaired) electrons. The number of alkyl halides is 1. The highest BCUT2D eigenvalue weighted by atomic mass is 35.5. The molecule has 0 aliphatic carbocycles. The van der Waals surface area contributed by atoms with Crippen molar-refractivity contribution < 1.29 is 9.90 Å². The van der Waals surface area contributed by atoms with Crippen LogP contribution in [0.15, 0.2) is 35.0 Å². The number of unbranched alkanes of at least 4 members (excludes halogenated alkanes) is 1. The maximum Gasteiger partial charge on any atom is 0.253 e. The summed E-state index contributed by atoms with van der Waals surface area (Å²) in [5.74, 6) is -0.347. The highest BCUT2D eigenvalue weighted by Crippen LogP contribution is 2.36. The fourth-order valence-corrected chi connectivity index (χ4v) is 3.01. The summed E-state index contributed by atoms with van der Waals surface area (Å²) in [5, 5.41) is 12.5. The number of primary amides is 1. The number of aliphatic hydroxyl groups excluding tert-OH is 1. The molecule has 1 aliphatic rings. The van der Waals surface area contributed by atoms with E-state index in [1.54, 1.807) is 18.2 Å². The Kier molecular flexibility index (Phi) is 6.74. The molecule has 24 heavy (non-hydrogen) atoms. The minimum absolute atomic E-state index is 0.0910. The molecule has 1 atom stereocenters. The van der Waals surface area contributed by atoms with Crippen molar-refractivity contribution in [2.45, 2.75) is 18.5 Å². The monoisotopic (exact) mass is 390 g/mol. The molecule has 1 amide bonds. The van der Waals surface area contributed by atoms with Crippen LogP contribution in [0.2, 0.25) is 10.0 Å². The van der Waals surface area contributed by atoms with Gasteiger partial charge in [-0.05, 0) is 25.0 Å². The third kappa shape index (κ3) is 4.33. The molecule has 1 heterocycles. The van der Waals surface area contributed by atoms with Crippen LogP contribution < -0.4 is 16.0 Å². The molecule has 0 aromatic heterocycles. The molecule has 9 heteroatoms. The van der Waals surface area contributed by atoms with Crippen LogP contribution in [0, 0.1) is 0 Å². The van der Waals surface area contributed by atoms with Crippen molar-refractivity contribution in [1.82, 2.24) is 5.32 Å². The zero-order valence-corrected chi connectivity index (χ0v) is 14.9. The second-order valence-corrected chi connectivity index (χ2v) is 6.25. The molecule has 1 aromatic carbocycles. The Morgan fingerprint density at radius 1 is 1.33 bits per heavy atom. The highest BCUT2D eigenvalue weighted by molar-refractivity contribution is 6.40. The van der Waals surface area contributed by atoms with Crippen LogP contribution in [-0.4, -0.2) is 35.6 Å². The van der Waals surface area contributed by atoms with Crippen LogP contribution in [0.1, 0.15) is 12.8 Å². The lowest BCUT2D eigenvalue weighted by Gasteiger charge is -2.33. The number of anilines is 1. The van der Waals surface area contributed by atoms with Gasteiger partial charge in [-0.15, -0.1) is 0 Å². The van der Waals surface area contributed by atoms with Gasteiger partial charge in [-0.1, -0.05) is 40.9 Å². The Bertz CT molecular complexity index is 658. The lowest BCUT2D eigenvalue weighted by molar-refractivity contribution is -0.114. The predicted molar refractivity (Wildman–Crippen MR) is 97.6 cm³/mol. The summed E-state index contributed by atoms with van der Waals surface area (Å²) < 4.78 is 0. The van der Waals surface area contributed by atoms with Crippen molar-refractivity contribution in [2.75, 3.05) is 18.1 Å². The summed E-state index contributed by atoms with van der Waals surface area (Å²) in [6, 6.07) is 5.05. The molecule has 4 N–H and O–H groups in total. The van der Waals surface area contributed by atoms with E-state index in [2.05, 4.69) is 10.3 Å². The molecule has 2 rings (SSSR count). The van der Waals surface area contributed by atoms with Crippen LogP contribution in [0.5, 0.6) is 0 Å². The molecule has 6 nitrogen and oxygen atoms in total. The molecule has 1 aromatic rings. The Morgan fingerprint density at radius 3 is 2.58 bits per heavy atom. The Labute approximate surface area is 154 Å². The van der Waals surface area contributed by atoms with E-state index in [4.69, 9.17) is 45.6 Å². The fraction of sp³-hybridized carbons (Fsp3) is 0.333. The molecule has 0 spiro atoms. The van der Waals surface area contributed by atoms with Crippen LogP contribution in [0.3, 0.4) is 0 Å². The van der Waals surface area contributed by atoms with Gasteiger partial charge < -0.3 is 21.1 Å². The van der Waals surface area contributed by atoms with E-state index in [0.717, 1.165) is 0 Å². The molecule has 0 saturated heterocycles. The SMILES string of the molecule is NC(=O)C1=CN(c2c(Cl)cccc2Cl)C(Cl)NC1=NCCCCO. The molecular weight excluding hydrogens is 375 g/mol. The van der Waals surface area contributed by atoms with Crippen molar-refractivity contribution in [3.63, 3.8) is 0 Å². The number of rotatable bonds is 6. The topological polar surface area (TPSA) is 91.0 Å². The quantitative estimate of drug-likeness (QED) is 0.395. The normalized spacial score (nSPS) is 19.2. The predicted octanol–water partition coefficient (Wildman–Crippen LogP) is 2.47. The molecule has 0 bridgehead atoms. The van der Waals surface area contributed by atoms with Gasteiger partial charge in [0.2, 0.25) is 0 Å². The minimum atomic E-state index is -0.748. The van der Waals surface area contributed by atoms with Crippen molar-refractivity contribution in [1.29, 1.82) is 0 Å². The number of hydrogen-bond acceptors (Lipinski definition) is 4. The number of amides is 1. The summed E-state index contributed by atoms with van der Waals surface area (Å²) in [4.78, 5) is 17.6. The van der Waals surface area contributed by atoms with E-state index in [1.807, 2.05) is 0 Å². The Morgan fingerprint density at radius 2 is 2.00 bits per heavy atom. The minimum Gasteiger partial charge on any atom is -0.396 e. The number of hydrogen-bond donors (Lipinski definition) is 3. The lowest BCUT2D eigenvalue weighted by atomic mass is 10.2. The van der Waals surface area contributed by atoms with E-state index in [-0.39, 0.29) is 12.2 Å². The van der Waals surface area contributed by atoms with Crippen LogP contribution in [-0.2, 0) is 4.79 Å². The lowest BCUT2D eigenvalue weighted by Crippen LogP contribution is -2.49. The summed E-state index contributed by atoms with van der Waals surface area (Å²) in [6.45, 7) is 0.525. The second kappa shape index (κ2) is 8.58. The molecule has 130 valence electrons. The molecule has 0 saturated carbocycles. The van der Waals surface area contributed by atoms with Gasteiger partial charge in [0.15, 0.2) is 5.62 Å². The van der Waals surface area contributed by atoms with E-state index < -0.39 is 11.5 Å². The number of aliphatic hydroxyl groups is 1. The number of nitrogens with one attached hydrogen (secondary N) is 1. The number of nitrogens with zero attached hydrogens (tertiary/aromatic N) is 2. The summed E-state index contributed by atoms with van der Waals surface area (Å²) in [6.07, 6.45) is 2.78. The fourth-order valence-electron chi connectivity index (χ4n) is 2.16. The van der Waals surface area contributed by atoms with E-state index in [1.165, 1.54) is 11.1 Å². The first-order valence-corrected chi connectivity index (χ1v) is 8.45. The first-order valence-electron chi connectivity index (χ1n) is 7.26. The number of aliphatic imine (C=N–C) groups is 1. The van der Waals surface area contributed by atoms with Gasteiger partial charge >= 0.3 is 0 Å². The van der Waals surface area contributed by atoms with Gasteiger partial charge in [0.1, 0.15) is 5.84 Å². The van der Waals surface area contributed by atoms with Crippen molar-refractivity contribution in [3.8, 4) is 0 Å². The second-order valence-electron chi connectivity index (χ2n) is 5.03. The van der Waals surface area contributed by atoms with Gasteiger partial charge in [0.05, 0.1) is 21.3 Å². The number of benzene rings is 1. The molecular formula is C15H17Cl3N4O2. The highest BCUT2D eigenvalue weighted by Gasteiger charge is 2.29. The number of amidine groups is 1. The maximum atomic E-state index is 11.8. The van der Waals surface area contributed by atoms with Crippen molar-refractivity contribution in [2.24, 2.45) is 10.7 Å². The van der Waals surface area contributed by atoms with Crippen molar-refractivity contribution >= 4 is 52.2 Å². The van der Waals surface area contributed by atoms with Crippen LogP contribution >= 0.6 is 34.8 Å². The average Bonchev–Trinajstić information content (AvgIpc) is 2.52. The van der Waals surface area contributed by atoms with E-state index >= 15 is 0 Å². The number of carbonyl (C=O) groups is 1. The summed E-state index contributed by atoms with van der Waals surface area (Å²) >= 11 is 18.7. The molecule has 1 aliphatic heterocycles. The van der Waals surface area contributed by atoms with Gasteiger partial charge in [-0.2, -0.15) is 0 Å². The maximum absolute atomic E-state index is 11.8. The Hall–Kier alpha value is -1.47. The first-order chi connectivity index (χ1) is 11.5. The molecule has 0 fully saturated rings. The van der Waals surface area contributed by atoms with Gasteiger partial charge in [0.25, 0.3) is 5.91 Å². The zero-order valence-electron chi connectivity index (χ0n) is 12.7. The number of nitrogens with two attached hydrogens (primary N) is 1. The van der Waals surface area contributed by atoms with Crippen LogP contribution in [0.4, 0.5) is 5.69 Å². The summed E-state index contributed by atoms with van der Waals surface area (Å²) in [5.41, 5.74) is 5.34. The van der Waals surface area contributed by atoms with Gasteiger partial charge in [0, 0.05) is 19.4 Å². The van der Waals surface area contributed by atoms with Crippen LogP contribution in [0.25, 0.3) is 0 Å². The van der Waals surface area contributed by atoms with E-state index in [9.17, 15) is 4.79 Å². The average molecular weight is 392 g/mol. The standard InChI is InChI=1S/C15H17Cl3N4O2/c16-10-4-3-5-11(17)12(10)22-8-9(13(19)24)14(21-15(22)18)20-6-1-2-7-23/h3-5,8,15,23H,1-2,6-7H2,(H2,19,24)(H,20,21). The third-order valence-electron chi connectivity index (χ3n) is 3.32. The number of halogens is 3. The molecule has 1 unspecified atom stereocenters. The number of carbonyl (C=O) groups excluding carboxylic acids is 1. The Balaban J connectivity index is 2.36. The zero-order chi connectivity index (χ0) is 17.7. The third-order valence-corrected chi connectivity index (χ3v) is 4.25. The summed E-state index contributed by atoms with van der Waals surface area (Å²) in [7, 11) is 0.